The van der Waals surface area contributed by atoms with Crippen LogP contribution in [0.15, 0.2) is 18.2 Å². The zero-order chi connectivity index (χ0) is 16.5. The number of carbonyl (C=O) groups excluding carboxylic acids is 1. The number of carbonyl (C=O) groups is 1. The smallest absolute Gasteiger partial charge is 0.173 e. The number of piperidine rings is 3. The molecule has 0 amide bonds. The third-order valence-corrected chi connectivity index (χ3v) is 8.14. The van der Waals surface area contributed by atoms with E-state index >= 15 is 0 Å². The van der Waals surface area contributed by atoms with Gasteiger partial charge in [0.25, 0.3) is 0 Å². The molecule has 0 radical (unpaired) electrons. The molecule has 1 saturated carbocycles. The Labute approximate surface area is 149 Å². The lowest BCUT2D eigenvalue weighted by Gasteiger charge is -2.52. The van der Waals surface area contributed by atoms with Gasteiger partial charge in [0.2, 0.25) is 0 Å². The van der Waals surface area contributed by atoms with Gasteiger partial charge in [0.1, 0.15) is 5.82 Å². The first-order chi connectivity index (χ1) is 11.6. The number of rotatable bonds is 3. The van der Waals surface area contributed by atoms with Crippen molar-refractivity contribution in [2.24, 2.45) is 11.8 Å². The lowest BCUT2D eigenvalue weighted by atomic mass is 9.70. The molecular weight excluding hydrogens is 345 g/mol. The van der Waals surface area contributed by atoms with Crippen molar-refractivity contribution in [1.29, 1.82) is 0 Å². The Bertz CT molecular complexity index is 835. The minimum atomic E-state index is -0.417. The Morgan fingerprint density at radius 1 is 1.33 bits per heavy atom. The molecule has 5 heteroatoms. The van der Waals surface area contributed by atoms with E-state index in [4.69, 9.17) is 11.6 Å². The van der Waals surface area contributed by atoms with Crippen LogP contribution in [-0.2, 0) is 0 Å². The van der Waals surface area contributed by atoms with E-state index in [0.717, 1.165) is 10.3 Å². The van der Waals surface area contributed by atoms with E-state index in [-0.39, 0.29) is 10.8 Å². The predicted octanol–water partition coefficient (Wildman–Crippen LogP) is 5.14. The van der Waals surface area contributed by atoms with Crippen LogP contribution in [-0.4, -0.2) is 29.3 Å². The van der Waals surface area contributed by atoms with Gasteiger partial charge in [0.15, 0.2) is 5.78 Å². The Morgan fingerprint density at radius 2 is 2.08 bits per heavy atom. The van der Waals surface area contributed by atoms with Crippen LogP contribution in [0.3, 0.4) is 0 Å². The van der Waals surface area contributed by atoms with Crippen molar-refractivity contribution in [3.05, 3.63) is 33.9 Å². The molecule has 126 valence electrons. The average Bonchev–Trinajstić information content (AvgIpc) is 3.24. The summed E-state index contributed by atoms with van der Waals surface area (Å²) in [6.07, 6.45) is 5.62. The van der Waals surface area contributed by atoms with Crippen LogP contribution >= 0.6 is 22.9 Å². The zero-order valence-electron chi connectivity index (χ0n) is 13.4. The molecule has 3 saturated heterocycles. The van der Waals surface area contributed by atoms with Crippen molar-refractivity contribution in [1.82, 2.24) is 4.90 Å². The van der Waals surface area contributed by atoms with Crippen molar-refractivity contribution < 1.29 is 9.18 Å². The third-order valence-electron chi connectivity index (χ3n) is 6.45. The average molecular weight is 364 g/mol. The summed E-state index contributed by atoms with van der Waals surface area (Å²) in [6.45, 7) is 2.43. The van der Waals surface area contributed by atoms with Crippen molar-refractivity contribution in [2.45, 2.75) is 37.6 Å². The van der Waals surface area contributed by atoms with Crippen molar-refractivity contribution in [3.8, 4) is 0 Å². The summed E-state index contributed by atoms with van der Waals surface area (Å²) in [7, 11) is 0. The quantitative estimate of drug-likeness (QED) is 0.703. The second kappa shape index (κ2) is 5.26. The first-order valence-electron chi connectivity index (χ1n) is 8.74. The fourth-order valence-electron chi connectivity index (χ4n) is 5.07. The fourth-order valence-corrected chi connectivity index (χ4v) is 6.40. The molecule has 1 aliphatic carbocycles. The van der Waals surface area contributed by atoms with Gasteiger partial charge in [-0.15, -0.1) is 11.3 Å². The summed E-state index contributed by atoms with van der Waals surface area (Å²) in [5.41, 5.74) is 0.331. The highest BCUT2D eigenvalue weighted by molar-refractivity contribution is 7.21. The Morgan fingerprint density at radius 3 is 2.79 bits per heavy atom. The van der Waals surface area contributed by atoms with E-state index < -0.39 is 5.82 Å². The highest BCUT2D eigenvalue weighted by Crippen LogP contribution is 2.58. The van der Waals surface area contributed by atoms with E-state index in [0.29, 0.717) is 28.5 Å². The number of benzene rings is 1. The van der Waals surface area contributed by atoms with E-state index in [1.54, 1.807) is 6.07 Å². The van der Waals surface area contributed by atoms with Gasteiger partial charge in [0, 0.05) is 12.0 Å². The monoisotopic (exact) mass is 363 g/mol. The van der Waals surface area contributed by atoms with Gasteiger partial charge in [-0.25, -0.2) is 4.39 Å². The van der Waals surface area contributed by atoms with E-state index in [1.807, 2.05) is 6.07 Å². The molecule has 2 bridgehead atoms. The van der Waals surface area contributed by atoms with Gasteiger partial charge in [0.05, 0.1) is 14.6 Å². The maximum absolute atomic E-state index is 13.6. The summed E-state index contributed by atoms with van der Waals surface area (Å²) < 4.78 is 14.3. The Kier molecular flexibility index (Phi) is 3.35. The normalized spacial score (nSPS) is 30.2. The highest BCUT2D eigenvalue weighted by atomic mass is 35.5. The zero-order valence-corrected chi connectivity index (χ0v) is 14.9. The Balaban J connectivity index is 1.44. The molecule has 1 atom stereocenters. The summed E-state index contributed by atoms with van der Waals surface area (Å²) in [5.74, 6) is 0.999. The minimum absolute atomic E-state index is 0.137. The fraction of sp³-hybridized carbons (Fsp3) is 0.526. The number of hydrogen-bond donors (Lipinski definition) is 0. The number of thiophene rings is 1. The molecule has 0 N–H and O–H groups in total. The van der Waals surface area contributed by atoms with Gasteiger partial charge >= 0.3 is 0 Å². The first kappa shape index (κ1) is 15.3. The SMILES string of the molecule is O=C(C[C@@H]1C2CCN(CC2)C12CC2)c1cc2ccc(F)c(Cl)c2s1. The number of halogens is 2. The first-order valence-corrected chi connectivity index (χ1v) is 9.94. The summed E-state index contributed by atoms with van der Waals surface area (Å²) in [5, 5.41) is 1.00. The lowest BCUT2D eigenvalue weighted by molar-refractivity contribution is -0.0273. The summed E-state index contributed by atoms with van der Waals surface area (Å²) in [6, 6.07) is 4.97. The van der Waals surface area contributed by atoms with Gasteiger partial charge in [-0.2, -0.15) is 0 Å². The van der Waals surface area contributed by atoms with Crippen LogP contribution < -0.4 is 0 Å². The summed E-state index contributed by atoms with van der Waals surface area (Å²) >= 11 is 7.40. The van der Waals surface area contributed by atoms with Gasteiger partial charge in [-0.3, -0.25) is 9.69 Å². The standard InChI is InChI=1S/C19H19ClFNOS/c20-17-14(21)2-1-12-9-16(24-18(12)17)15(23)10-13-11-3-7-22(8-4-11)19(13)5-6-19/h1-2,9,11,13H,3-8,10H2/t13-/m1/s1. The van der Waals surface area contributed by atoms with Crippen molar-refractivity contribution in [3.63, 3.8) is 0 Å². The number of fused-ring (bicyclic) bond motifs is 3. The molecule has 1 aromatic carbocycles. The minimum Gasteiger partial charge on any atom is -0.297 e. The molecule has 4 heterocycles. The Hall–Kier alpha value is -0.970. The van der Waals surface area contributed by atoms with Crippen LogP contribution in [0.25, 0.3) is 10.1 Å². The molecule has 24 heavy (non-hydrogen) atoms. The summed E-state index contributed by atoms with van der Waals surface area (Å²) in [4.78, 5) is 16.3. The molecule has 2 aromatic rings. The molecule has 4 aliphatic rings. The van der Waals surface area contributed by atoms with Crippen LogP contribution in [0, 0.1) is 17.7 Å². The van der Waals surface area contributed by atoms with E-state index in [2.05, 4.69) is 4.90 Å². The van der Waals surface area contributed by atoms with Crippen LogP contribution in [0.4, 0.5) is 4.39 Å². The second-order valence-corrected chi connectivity index (χ2v) is 8.98. The van der Waals surface area contributed by atoms with Crippen molar-refractivity contribution >= 4 is 38.8 Å². The predicted molar refractivity (Wildman–Crippen MR) is 95.5 cm³/mol. The largest absolute Gasteiger partial charge is 0.297 e. The lowest BCUT2D eigenvalue weighted by Crippen LogP contribution is -2.57. The molecular formula is C19H19ClFNOS. The topological polar surface area (TPSA) is 20.3 Å². The molecule has 6 rings (SSSR count). The van der Waals surface area contributed by atoms with Crippen LogP contribution in [0.5, 0.6) is 0 Å². The number of hydrogen-bond acceptors (Lipinski definition) is 3. The van der Waals surface area contributed by atoms with Gasteiger partial charge in [-0.1, -0.05) is 17.7 Å². The van der Waals surface area contributed by atoms with Gasteiger partial charge < -0.3 is 0 Å². The van der Waals surface area contributed by atoms with Crippen molar-refractivity contribution in [2.75, 3.05) is 13.1 Å². The molecule has 3 aliphatic heterocycles. The van der Waals surface area contributed by atoms with E-state index in [9.17, 15) is 9.18 Å². The molecule has 4 fully saturated rings. The third kappa shape index (κ3) is 2.12. The van der Waals surface area contributed by atoms with Crippen LogP contribution in [0.1, 0.15) is 41.8 Å². The second-order valence-electron chi connectivity index (χ2n) is 7.55. The van der Waals surface area contributed by atoms with Gasteiger partial charge in [-0.05, 0) is 68.1 Å². The highest BCUT2D eigenvalue weighted by Gasteiger charge is 2.60. The number of Topliss-reactive ketones (excluding diaryl/α,β-unsaturated/α-hetero) is 1. The molecule has 1 spiro atoms. The molecule has 0 unspecified atom stereocenters. The maximum atomic E-state index is 13.6. The van der Waals surface area contributed by atoms with Crippen LogP contribution in [0.2, 0.25) is 5.02 Å². The molecule has 1 aromatic heterocycles. The number of nitrogens with zero attached hydrogens (tertiary/aromatic N) is 1. The molecule has 2 nitrogen and oxygen atoms in total. The number of ketones is 1. The van der Waals surface area contributed by atoms with E-state index in [1.165, 1.54) is 56.2 Å². The maximum Gasteiger partial charge on any atom is 0.173 e.